The highest BCUT2D eigenvalue weighted by atomic mass is 15.2. The van der Waals surface area contributed by atoms with E-state index in [4.69, 9.17) is 0 Å². The van der Waals surface area contributed by atoms with Crippen molar-refractivity contribution in [1.29, 1.82) is 0 Å². The molecule has 0 aromatic heterocycles. The lowest BCUT2D eigenvalue weighted by atomic mass is 9.32. The van der Waals surface area contributed by atoms with Crippen LogP contribution in [-0.4, -0.2) is 6.71 Å². The van der Waals surface area contributed by atoms with E-state index in [1.54, 1.807) is 0 Å². The van der Waals surface area contributed by atoms with Gasteiger partial charge in [-0.25, -0.2) is 0 Å². The first kappa shape index (κ1) is 21.0. The quantitative estimate of drug-likeness (QED) is 0.227. The Hall–Kier alpha value is -5.02. The van der Waals surface area contributed by atoms with Gasteiger partial charge in [-0.3, -0.25) is 0 Å². The molecular formula is C36H23BN2. The highest BCUT2D eigenvalue weighted by molar-refractivity contribution is 7.05. The minimum Gasteiger partial charge on any atom is -0.311 e. The van der Waals surface area contributed by atoms with Crippen LogP contribution in [0, 0.1) is 0 Å². The average Bonchev–Trinajstić information content (AvgIpc) is 3.34. The Morgan fingerprint density at radius 2 is 1.00 bits per heavy atom. The summed E-state index contributed by atoms with van der Waals surface area (Å²) in [4.78, 5) is 4.96. The Morgan fingerprint density at radius 3 is 1.74 bits per heavy atom. The smallest absolute Gasteiger partial charge is 0.252 e. The van der Waals surface area contributed by atoms with E-state index in [2.05, 4.69) is 149 Å². The molecule has 0 bridgehead atoms. The normalized spacial score (nSPS) is 14.4. The summed E-state index contributed by atoms with van der Waals surface area (Å²) in [5.41, 5.74) is 14.2. The van der Waals surface area contributed by atoms with Gasteiger partial charge < -0.3 is 9.80 Å². The highest BCUT2D eigenvalue weighted by Gasteiger charge is 2.47. The predicted octanol–water partition coefficient (Wildman–Crippen LogP) is 7.80. The highest BCUT2D eigenvalue weighted by Crippen LogP contribution is 2.53. The van der Waals surface area contributed by atoms with Crippen LogP contribution in [-0.2, 0) is 0 Å². The summed E-state index contributed by atoms with van der Waals surface area (Å²) in [5, 5.41) is 2.66. The summed E-state index contributed by atoms with van der Waals surface area (Å²) >= 11 is 0. The van der Waals surface area contributed by atoms with Crippen molar-refractivity contribution in [2.24, 2.45) is 0 Å². The molecular weight excluding hydrogens is 471 g/mol. The van der Waals surface area contributed by atoms with Gasteiger partial charge in [0, 0.05) is 39.7 Å². The molecule has 0 N–H and O–H groups in total. The molecule has 2 aliphatic heterocycles. The molecule has 3 aliphatic rings. The van der Waals surface area contributed by atoms with E-state index < -0.39 is 0 Å². The lowest BCUT2D eigenvalue weighted by Gasteiger charge is -2.44. The largest absolute Gasteiger partial charge is 0.311 e. The molecule has 0 spiro atoms. The second-order valence-electron chi connectivity index (χ2n) is 10.5. The van der Waals surface area contributed by atoms with Gasteiger partial charge in [0.1, 0.15) is 0 Å². The topological polar surface area (TPSA) is 6.48 Å². The molecule has 1 aliphatic carbocycles. The van der Waals surface area contributed by atoms with Crippen LogP contribution < -0.4 is 20.7 Å². The van der Waals surface area contributed by atoms with Crippen LogP contribution in [0.15, 0.2) is 140 Å². The molecule has 0 atom stereocenters. The number of fused-ring (bicyclic) bond motifs is 5. The number of rotatable bonds is 2. The van der Waals surface area contributed by atoms with Crippen molar-refractivity contribution in [2.45, 2.75) is 0 Å². The zero-order valence-corrected chi connectivity index (χ0v) is 21.3. The Kier molecular flexibility index (Phi) is 4.17. The Labute approximate surface area is 228 Å². The van der Waals surface area contributed by atoms with E-state index >= 15 is 0 Å². The number of hydrogen-bond acceptors (Lipinski definition) is 2. The average molecular weight is 494 g/mol. The van der Waals surface area contributed by atoms with Gasteiger partial charge in [0.25, 0.3) is 6.71 Å². The zero-order chi connectivity index (χ0) is 25.5. The number of para-hydroxylation sites is 3. The minimum absolute atomic E-state index is 0.139. The SMILES string of the molecule is c1ccc(N2C3=C(B4c5ccccc5N(c5ccccc5)c5cccc2c54)c2cccc4cccc3c24)cc1. The third-order valence-corrected chi connectivity index (χ3v) is 8.57. The molecule has 0 saturated carbocycles. The Morgan fingerprint density at radius 1 is 0.436 bits per heavy atom. The van der Waals surface area contributed by atoms with Gasteiger partial charge in [0.05, 0.1) is 0 Å². The van der Waals surface area contributed by atoms with Crippen molar-refractivity contribution >= 4 is 68.0 Å². The maximum Gasteiger partial charge on any atom is 0.252 e. The van der Waals surface area contributed by atoms with E-state index in [-0.39, 0.29) is 6.71 Å². The number of nitrogens with zero attached hydrogens (tertiary/aromatic N) is 2. The maximum atomic E-state index is 2.51. The van der Waals surface area contributed by atoms with E-state index in [9.17, 15) is 0 Å². The van der Waals surface area contributed by atoms with Crippen molar-refractivity contribution in [3.05, 3.63) is 151 Å². The lowest BCUT2D eigenvalue weighted by molar-refractivity contribution is 1.26. The van der Waals surface area contributed by atoms with Gasteiger partial charge >= 0.3 is 0 Å². The second kappa shape index (κ2) is 7.75. The summed E-state index contributed by atoms with van der Waals surface area (Å²) in [5.74, 6) is 0. The van der Waals surface area contributed by atoms with Gasteiger partial charge in [0.15, 0.2) is 0 Å². The summed E-state index contributed by atoms with van der Waals surface area (Å²) < 4.78 is 0. The molecule has 180 valence electrons. The van der Waals surface area contributed by atoms with E-state index in [1.807, 2.05) is 0 Å². The van der Waals surface area contributed by atoms with Crippen LogP contribution in [0.5, 0.6) is 0 Å². The fourth-order valence-electron chi connectivity index (χ4n) is 7.14. The van der Waals surface area contributed by atoms with Gasteiger partial charge in [-0.2, -0.15) is 0 Å². The molecule has 2 heterocycles. The fourth-order valence-corrected chi connectivity index (χ4v) is 7.14. The first-order chi connectivity index (χ1) is 19.4. The fraction of sp³-hybridized carbons (Fsp3) is 0. The summed E-state index contributed by atoms with van der Waals surface area (Å²) in [6, 6.07) is 51.0. The van der Waals surface area contributed by atoms with Crippen molar-refractivity contribution in [3.63, 3.8) is 0 Å². The van der Waals surface area contributed by atoms with E-state index in [0.717, 1.165) is 0 Å². The Balaban J connectivity index is 1.44. The van der Waals surface area contributed by atoms with E-state index in [0.29, 0.717) is 0 Å². The summed E-state index contributed by atoms with van der Waals surface area (Å²) in [7, 11) is 0. The van der Waals surface area contributed by atoms with Crippen molar-refractivity contribution in [2.75, 3.05) is 9.80 Å². The second-order valence-corrected chi connectivity index (χ2v) is 10.5. The lowest BCUT2D eigenvalue weighted by Crippen LogP contribution is -2.54. The monoisotopic (exact) mass is 494 g/mol. The van der Waals surface area contributed by atoms with Crippen molar-refractivity contribution in [3.8, 4) is 0 Å². The van der Waals surface area contributed by atoms with Crippen LogP contribution in [0.25, 0.3) is 21.9 Å². The number of benzene rings is 6. The molecule has 9 rings (SSSR count). The van der Waals surface area contributed by atoms with Crippen LogP contribution in [0.2, 0.25) is 0 Å². The molecule has 0 fully saturated rings. The van der Waals surface area contributed by atoms with E-state index in [1.165, 1.54) is 72.4 Å². The molecule has 2 nitrogen and oxygen atoms in total. The summed E-state index contributed by atoms with van der Waals surface area (Å²) in [6.07, 6.45) is 0. The van der Waals surface area contributed by atoms with Gasteiger partial charge in [-0.05, 0) is 75.2 Å². The molecule has 0 saturated heterocycles. The van der Waals surface area contributed by atoms with Gasteiger partial charge in [-0.1, -0.05) is 97.1 Å². The third-order valence-electron chi connectivity index (χ3n) is 8.57. The standard InChI is InChI=1S/C36H23BN2/c1-3-14-25(15-4-1)38-30-21-8-7-20-29(30)37-34-27-18-9-12-24-13-10-19-28(33(24)27)36(34)39(26-16-5-2-6-17-26)32-23-11-22-31(38)35(32)37/h1-23H. The molecule has 3 heteroatoms. The predicted molar refractivity (Wildman–Crippen MR) is 165 cm³/mol. The van der Waals surface area contributed by atoms with Crippen LogP contribution in [0.4, 0.5) is 28.4 Å². The molecule has 0 radical (unpaired) electrons. The van der Waals surface area contributed by atoms with Crippen LogP contribution in [0.3, 0.4) is 0 Å². The first-order valence-electron chi connectivity index (χ1n) is 13.6. The van der Waals surface area contributed by atoms with Gasteiger partial charge in [0.2, 0.25) is 0 Å². The minimum atomic E-state index is 0.139. The first-order valence-corrected chi connectivity index (χ1v) is 13.6. The Bertz CT molecular complexity index is 1970. The molecule has 6 aromatic carbocycles. The number of anilines is 5. The molecule has 39 heavy (non-hydrogen) atoms. The third kappa shape index (κ3) is 2.72. The zero-order valence-electron chi connectivity index (χ0n) is 21.3. The van der Waals surface area contributed by atoms with Crippen molar-refractivity contribution in [1.82, 2.24) is 0 Å². The van der Waals surface area contributed by atoms with Gasteiger partial charge in [-0.15, -0.1) is 0 Å². The summed E-state index contributed by atoms with van der Waals surface area (Å²) in [6.45, 7) is 0.139. The van der Waals surface area contributed by atoms with Crippen LogP contribution >= 0.6 is 0 Å². The molecule has 0 unspecified atom stereocenters. The number of hydrogen-bond donors (Lipinski definition) is 0. The van der Waals surface area contributed by atoms with Crippen LogP contribution in [0.1, 0.15) is 11.1 Å². The maximum absolute atomic E-state index is 2.51. The molecule has 6 aromatic rings. The molecule has 0 amide bonds. The van der Waals surface area contributed by atoms with Crippen molar-refractivity contribution < 1.29 is 0 Å².